The zero-order valence-electron chi connectivity index (χ0n) is 12.3. The Hall–Kier alpha value is -1.40. The Labute approximate surface area is 119 Å². The molecule has 6 nitrogen and oxygen atoms in total. The third kappa shape index (κ3) is 3.58. The van der Waals surface area contributed by atoms with Gasteiger partial charge >= 0.3 is 5.97 Å². The lowest BCUT2D eigenvalue weighted by Gasteiger charge is -2.21. The van der Waals surface area contributed by atoms with E-state index in [-0.39, 0.29) is 12.0 Å². The molecule has 20 heavy (non-hydrogen) atoms. The zero-order valence-corrected chi connectivity index (χ0v) is 12.3. The molecule has 1 fully saturated rings. The highest BCUT2D eigenvalue weighted by Gasteiger charge is 2.36. The molecule has 0 spiro atoms. The summed E-state index contributed by atoms with van der Waals surface area (Å²) in [5.74, 6) is 0.260. The molecule has 112 valence electrons. The van der Waals surface area contributed by atoms with Crippen LogP contribution >= 0.6 is 0 Å². The average molecular weight is 281 g/mol. The minimum Gasteiger partial charge on any atom is -0.468 e. The van der Waals surface area contributed by atoms with Crippen molar-refractivity contribution in [2.45, 2.75) is 45.5 Å². The van der Waals surface area contributed by atoms with Crippen molar-refractivity contribution in [1.29, 1.82) is 0 Å². The molecule has 1 aliphatic heterocycles. The number of aliphatic hydroxyl groups is 1. The van der Waals surface area contributed by atoms with Crippen molar-refractivity contribution in [3.8, 4) is 0 Å². The molecule has 1 N–H and O–H groups in total. The molecular weight excluding hydrogens is 258 g/mol. The number of rotatable bonds is 5. The lowest BCUT2D eigenvalue weighted by atomic mass is 10.2. The standard InChI is InChI=1S/C14H23N3O3/c1-10(2)6-17-8-11(5-15-17)7-16-9-12(18)4-13(16)14(19)20-3/h5,8,10,12-13,18H,4,6-7,9H2,1-3H3/t12-,13-/m0/s1. The number of β-amino-alcohol motifs (C(OH)–C–C–N with tert-alkyl or cyclic N) is 1. The van der Waals surface area contributed by atoms with Crippen LogP contribution in [0.2, 0.25) is 0 Å². The Morgan fingerprint density at radius 2 is 2.35 bits per heavy atom. The van der Waals surface area contributed by atoms with Crippen molar-refractivity contribution in [2.75, 3.05) is 13.7 Å². The van der Waals surface area contributed by atoms with Crippen LogP contribution in [0.25, 0.3) is 0 Å². The van der Waals surface area contributed by atoms with Crippen LogP contribution < -0.4 is 0 Å². The maximum Gasteiger partial charge on any atom is 0.323 e. The van der Waals surface area contributed by atoms with Crippen LogP contribution in [0.15, 0.2) is 12.4 Å². The first kappa shape index (κ1) is 15.0. The number of aliphatic hydroxyl groups excluding tert-OH is 1. The van der Waals surface area contributed by atoms with E-state index in [1.165, 1.54) is 7.11 Å². The molecule has 6 heteroatoms. The van der Waals surface area contributed by atoms with E-state index in [2.05, 4.69) is 18.9 Å². The number of hydrogen-bond donors (Lipinski definition) is 1. The molecule has 1 aromatic rings. The molecule has 0 bridgehead atoms. The lowest BCUT2D eigenvalue weighted by Crippen LogP contribution is -2.36. The van der Waals surface area contributed by atoms with Crippen LogP contribution in [-0.2, 0) is 22.6 Å². The summed E-state index contributed by atoms with van der Waals surface area (Å²) in [6.07, 6.45) is 3.79. The van der Waals surface area contributed by atoms with Gasteiger partial charge in [0.25, 0.3) is 0 Å². The first-order valence-corrected chi connectivity index (χ1v) is 7.01. The van der Waals surface area contributed by atoms with E-state index in [0.717, 1.165) is 12.1 Å². The van der Waals surface area contributed by atoms with Gasteiger partial charge in [0.05, 0.1) is 19.4 Å². The van der Waals surface area contributed by atoms with E-state index in [4.69, 9.17) is 4.74 Å². The van der Waals surface area contributed by atoms with Gasteiger partial charge in [0.15, 0.2) is 0 Å². The SMILES string of the molecule is COC(=O)[C@@H]1C[C@H](O)CN1Cc1cnn(CC(C)C)c1. The first-order valence-electron chi connectivity index (χ1n) is 7.01. The topological polar surface area (TPSA) is 67.6 Å². The van der Waals surface area contributed by atoms with E-state index in [0.29, 0.717) is 25.4 Å². The van der Waals surface area contributed by atoms with Crippen LogP contribution in [0.3, 0.4) is 0 Å². The summed E-state index contributed by atoms with van der Waals surface area (Å²) < 4.78 is 6.71. The Morgan fingerprint density at radius 3 is 3.00 bits per heavy atom. The molecule has 2 rings (SSSR count). The van der Waals surface area contributed by atoms with E-state index >= 15 is 0 Å². The Morgan fingerprint density at radius 1 is 1.60 bits per heavy atom. The summed E-state index contributed by atoms with van der Waals surface area (Å²) in [4.78, 5) is 13.7. The number of carbonyl (C=O) groups excluding carboxylic acids is 1. The molecule has 0 saturated carbocycles. The van der Waals surface area contributed by atoms with E-state index in [9.17, 15) is 9.90 Å². The molecule has 0 unspecified atom stereocenters. The van der Waals surface area contributed by atoms with E-state index in [1.807, 2.05) is 22.0 Å². The molecule has 1 aliphatic rings. The molecule has 0 aliphatic carbocycles. The van der Waals surface area contributed by atoms with Gasteiger partial charge in [-0.1, -0.05) is 13.8 Å². The Kier molecular flexibility index (Phi) is 4.77. The quantitative estimate of drug-likeness (QED) is 0.803. The smallest absolute Gasteiger partial charge is 0.323 e. The normalized spacial score (nSPS) is 23.4. The van der Waals surface area contributed by atoms with Gasteiger partial charge in [0.2, 0.25) is 0 Å². The monoisotopic (exact) mass is 281 g/mol. The lowest BCUT2D eigenvalue weighted by molar-refractivity contribution is -0.146. The van der Waals surface area contributed by atoms with Gasteiger partial charge in [0, 0.05) is 37.8 Å². The summed E-state index contributed by atoms with van der Waals surface area (Å²) >= 11 is 0. The molecule has 2 atom stereocenters. The van der Waals surface area contributed by atoms with Crippen molar-refractivity contribution < 1.29 is 14.6 Å². The third-order valence-corrected chi connectivity index (χ3v) is 3.48. The van der Waals surface area contributed by atoms with Crippen molar-refractivity contribution in [1.82, 2.24) is 14.7 Å². The van der Waals surface area contributed by atoms with Crippen LogP contribution in [-0.4, -0.2) is 51.6 Å². The molecule has 1 aromatic heterocycles. The first-order chi connectivity index (χ1) is 9.49. The van der Waals surface area contributed by atoms with Gasteiger partial charge in [-0.05, 0) is 5.92 Å². The summed E-state index contributed by atoms with van der Waals surface area (Å²) in [5, 5.41) is 14.1. The third-order valence-electron chi connectivity index (χ3n) is 3.48. The maximum atomic E-state index is 11.7. The second kappa shape index (κ2) is 6.37. The summed E-state index contributed by atoms with van der Waals surface area (Å²) in [5.41, 5.74) is 1.05. The fourth-order valence-corrected chi connectivity index (χ4v) is 2.63. The molecule has 0 aromatic carbocycles. The van der Waals surface area contributed by atoms with Gasteiger partial charge in [-0.15, -0.1) is 0 Å². The molecule has 0 radical (unpaired) electrons. The number of hydrogen-bond acceptors (Lipinski definition) is 5. The number of likely N-dealkylation sites (tertiary alicyclic amines) is 1. The number of ether oxygens (including phenoxy) is 1. The van der Waals surface area contributed by atoms with Gasteiger partial charge in [-0.2, -0.15) is 5.10 Å². The van der Waals surface area contributed by atoms with Crippen molar-refractivity contribution in [3.05, 3.63) is 18.0 Å². The zero-order chi connectivity index (χ0) is 14.7. The van der Waals surface area contributed by atoms with E-state index < -0.39 is 6.10 Å². The summed E-state index contributed by atoms with van der Waals surface area (Å²) in [6.45, 7) is 6.27. The number of methoxy groups -OCH3 is 1. The van der Waals surface area contributed by atoms with Crippen molar-refractivity contribution in [3.63, 3.8) is 0 Å². The molecule has 0 amide bonds. The number of nitrogens with zero attached hydrogens (tertiary/aromatic N) is 3. The van der Waals surface area contributed by atoms with Gasteiger partial charge < -0.3 is 9.84 Å². The molecular formula is C14H23N3O3. The highest BCUT2D eigenvalue weighted by atomic mass is 16.5. The maximum absolute atomic E-state index is 11.7. The van der Waals surface area contributed by atoms with Crippen LogP contribution in [0.1, 0.15) is 25.8 Å². The van der Waals surface area contributed by atoms with Crippen LogP contribution in [0.4, 0.5) is 0 Å². The van der Waals surface area contributed by atoms with Gasteiger partial charge in [-0.3, -0.25) is 14.4 Å². The van der Waals surface area contributed by atoms with Gasteiger partial charge in [-0.25, -0.2) is 0 Å². The Balaban J connectivity index is 2.00. The fraction of sp³-hybridized carbons (Fsp3) is 0.714. The predicted octanol–water partition coefficient (Wildman–Crippen LogP) is 0.647. The number of aromatic nitrogens is 2. The highest BCUT2D eigenvalue weighted by molar-refractivity contribution is 5.76. The highest BCUT2D eigenvalue weighted by Crippen LogP contribution is 2.21. The molecule has 1 saturated heterocycles. The minimum atomic E-state index is -0.468. The van der Waals surface area contributed by atoms with Crippen LogP contribution in [0, 0.1) is 5.92 Å². The van der Waals surface area contributed by atoms with Crippen LogP contribution in [0.5, 0.6) is 0 Å². The number of esters is 1. The minimum absolute atomic E-state index is 0.281. The number of carbonyl (C=O) groups is 1. The second-order valence-electron chi connectivity index (χ2n) is 5.82. The average Bonchev–Trinajstić information content (AvgIpc) is 2.95. The van der Waals surface area contributed by atoms with Crippen molar-refractivity contribution in [2.24, 2.45) is 5.92 Å². The van der Waals surface area contributed by atoms with Gasteiger partial charge in [0.1, 0.15) is 6.04 Å². The fourth-order valence-electron chi connectivity index (χ4n) is 2.63. The molecule has 2 heterocycles. The Bertz CT molecular complexity index is 458. The second-order valence-corrected chi connectivity index (χ2v) is 5.82. The summed E-state index contributed by atoms with van der Waals surface area (Å²) in [6, 6.07) is -0.358. The van der Waals surface area contributed by atoms with E-state index in [1.54, 1.807) is 0 Å². The predicted molar refractivity (Wildman–Crippen MR) is 73.9 cm³/mol. The van der Waals surface area contributed by atoms with Crippen molar-refractivity contribution >= 4 is 5.97 Å². The largest absolute Gasteiger partial charge is 0.468 e. The summed E-state index contributed by atoms with van der Waals surface area (Å²) in [7, 11) is 1.38.